The third kappa shape index (κ3) is 6.91. The van der Waals surface area contributed by atoms with Gasteiger partial charge in [-0.3, -0.25) is 9.59 Å². The van der Waals surface area contributed by atoms with Crippen LogP contribution in [0.3, 0.4) is 0 Å². The van der Waals surface area contributed by atoms with Gasteiger partial charge >= 0.3 is 0 Å². The van der Waals surface area contributed by atoms with Crippen LogP contribution in [0.25, 0.3) is 0 Å². The fourth-order valence-electron chi connectivity index (χ4n) is 2.55. The van der Waals surface area contributed by atoms with E-state index >= 15 is 0 Å². The molecule has 2 aromatic rings. The van der Waals surface area contributed by atoms with Crippen molar-refractivity contribution in [3.8, 4) is 5.75 Å². The average Bonchev–Trinajstić information content (AvgIpc) is 2.71. The van der Waals surface area contributed by atoms with E-state index in [0.29, 0.717) is 28.5 Å². The Morgan fingerprint density at radius 3 is 2.55 bits per heavy atom. The number of hydrazone groups is 1. The van der Waals surface area contributed by atoms with Crippen LogP contribution in [0.1, 0.15) is 43.1 Å². The van der Waals surface area contributed by atoms with Crippen LogP contribution >= 0.6 is 11.6 Å². The Bertz CT molecular complexity index is 854. The van der Waals surface area contributed by atoms with E-state index in [-0.39, 0.29) is 11.8 Å². The summed E-state index contributed by atoms with van der Waals surface area (Å²) in [6.07, 6.45) is 2.35. The van der Waals surface area contributed by atoms with Gasteiger partial charge < -0.3 is 10.1 Å². The molecule has 0 aliphatic carbocycles. The van der Waals surface area contributed by atoms with E-state index < -0.39 is 11.9 Å². The Labute approximate surface area is 176 Å². The minimum atomic E-state index is -0.727. The summed E-state index contributed by atoms with van der Waals surface area (Å²) in [6.45, 7) is 6.29. The van der Waals surface area contributed by atoms with Crippen molar-refractivity contribution in [2.45, 2.75) is 33.2 Å². The lowest BCUT2D eigenvalue weighted by Gasteiger charge is -2.20. The monoisotopic (exact) mass is 415 g/mol. The number of hydrogen-bond donors (Lipinski definition) is 2. The van der Waals surface area contributed by atoms with Crippen LogP contribution in [0.4, 0.5) is 0 Å². The Balaban J connectivity index is 2.05. The highest BCUT2D eigenvalue weighted by Gasteiger charge is 2.24. The molecular formula is C22H26ClN3O3. The van der Waals surface area contributed by atoms with Gasteiger partial charge in [-0.25, -0.2) is 5.43 Å². The molecule has 0 heterocycles. The maximum Gasteiger partial charge on any atom is 0.262 e. The molecule has 1 unspecified atom stereocenters. The zero-order chi connectivity index (χ0) is 21.2. The van der Waals surface area contributed by atoms with E-state index in [1.807, 2.05) is 26.8 Å². The first-order chi connectivity index (χ1) is 13.9. The first-order valence-electron chi connectivity index (χ1n) is 9.53. The molecular weight excluding hydrogens is 390 g/mol. The van der Waals surface area contributed by atoms with E-state index in [1.165, 1.54) is 6.21 Å². The van der Waals surface area contributed by atoms with Gasteiger partial charge in [0.25, 0.3) is 11.8 Å². The van der Waals surface area contributed by atoms with Gasteiger partial charge in [0, 0.05) is 16.1 Å². The molecule has 154 valence electrons. The number of rotatable bonds is 9. The van der Waals surface area contributed by atoms with Crippen molar-refractivity contribution in [1.29, 1.82) is 0 Å². The van der Waals surface area contributed by atoms with Gasteiger partial charge in [-0.15, -0.1) is 0 Å². The summed E-state index contributed by atoms with van der Waals surface area (Å²) in [6, 6.07) is 13.2. The number of carbonyl (C=O) groups is 2. The molecule has 7 heteroatoms. The summed E-state index contributed by atoms with van der Waals surface area (Å²) >= 11 is 6.05. The lowest BCUT2D eigenvalue weighted by molar-refractivity contribution is -0.123. The smallest absolute Gasteiger partial charge is 0.262 e. The van der Waals surface area contributed by atoms with Gasteiger partial charge in [0.15, 0.2) is 0 Å². The Hall–Kier alpha value is -2.86. The van der Waals surface area contributed by atoms with Gasteiger partial charge in [0.2, 0.25) is 0 Å². The summed E-state index contributed by atoms with van der Waals surface area (Å²) in [4.78, 5) is 24.9. The number of hydrogen-bond acceptors (Lipinski definition) is 4. The zero-order valence-electron chi connectivity index (χ0n) is 16.8. The molecule has 2 N–H and O–H groups in total. The summed E-state index contributed by atoms with van der Waals surface area (Å²) in [5.74, 6) is -0.202. The maximum atomic E-state index is 12.6. The third-order valence-electron chi connectivity index (χ3n) is 4.08. The molecule has 0 bridgehead atoms. The second-order valence-corrected chi connectivity index (χ2v) is 7.26. The molecule has 2 rings (SSSR count). The number of benzene rings is 2. The highest BCUT2D eigenvalue weighted by atomic mass is 35.5. The standard InChI is InChI=1S/C22H26ClN3O3/c1-4-12-29-19-11-10-18(23)13-17(19)14-24-26-22(28)20(15(2)3)25-21(27)16-8-6-5-7-9-16/h5-11,13-15,20H,4,12H2,1-3H3,(H,25,27)(H,26,28). The van der Waals surface area contributed by atoms with Gasteiger partial charge in [-0.2, -0.15) is 5.10 Å². The predicted molar refractivity (Wildman–Crippen MR) is 116 cm³/mol. The molecule has 2 aromatic carbocycles. The van der Waals surface area contributed by atoms with Crippen molar-refractivity contribution in [2.24, 2.45) is 11.0 Å². The van der Waals surface area contributed by atoms with Crippen LogP contribution in [0, 0.1) is 5.92 Å². The number of ether oxygens (including phenoxy) is 1. The van der Waals surface area contributed by atoms with Crippen LogP contribution in [0.5, 0.6) is 5.75 Å². The van der Waals surface area contributed by atoms with Gasteiger partial charge in [-0.05, 0) is 42.7 Å². The summed E-state index contributed by atoms with van der Waals surface area (Å²) in [5, 5.41) is 7.32. The number of amides is 2. The summed E-state index contributed by atoms with van der Waals surface area (Å²) < 4.78 is 5.67. The summed E-state index contributed by atoms with van der Waals surface area (Å²) in [7, 11) is 0. The fraction of sp³-hybridized carbons (Fsp3) is 0.318. The van der Waals surface area contributed by atoms with Gasteiger partial charge in [0.05, 0.1) is 12.8 Å². The van der Waals surface area contributed by atoms with Crippen LogP contribution in [0.2, 0.25) is 5.02 Å². The topological polar surface area (TPSA) is 79.8 Å². The lowest BCUT2D eigenvalue weighted by Crippen LogP contribution is -2.48. The minimum absolute atomic E-state index is 0.118. The summed E-state index contributed by atoms with van der Waals surface area (Å²) in [5.41, 5.74) is 3.63. The normalized spacial score (nSPS) is 12.0. The van der Waals surface area contributed by atoms with E-state index in [2.05, 4.69) is 15.8 Å². The quantitative estimate of drug-likeness (QED) is 0.479. The molecule has 0 aromatic heterocycles. The van der Waals surface area contributed by atoms with Gasteiger partial charge in [0.1, 0.15) is 11.8 Å². The number of halogens is 1. The molecule has 1 atom stereocenters. The molecule has 0 saturated carbocycles. The predicted octanol–water partition coefficient (Wildman–Crippen LogP) is 4.03. The van der Waals surface area contributed by atoms with E-state index in [4.69, 9.17) is 16.3 Å². The molecule has 29 heavy (non-hydrogen) atoms. The zero-order valence-corrected chi connectivity index (χ0v) is 17.6. The van der Waals surface area contributed by atoms with E-state index in [1.54, 1.807) is 42.5 Å². The third-order valence-corrected chi connectivity index (χ3v) is 4.32. The average molecular weight is 416 g/mol. The first-order valence-corrected chi connectivity index (χ1v) is 9.91. The van der Waals surface area contributed by atoms with Crippen molar-refractivity contribution in [1.82, 2.24) is 10.7 Å². The number of nitrogens with one attached hydrogen (secondary N) is 2. The maximum absolute atomic E-state index is 12.6. The molecule has 0 fully saturated rings. The van der Waals surface area contributed by atoms with Crippen molar-refractivity contribution in [2.75, 3.05) is 6.61 Å². The molecule has 0 aliphatic heterocycles. The van der Waals surface area contributed by atoms with Crippen LogP contribution in [-0.2, 0) is 4.79 Å². The Kier molecular flexibility index (Phi) is 8.68. The second-order valence-electron chi connectivity index (χ2n) is 6.83. The molecule has 2 amide bonds. The van der Waals surface area contributed by atoms with Crippen molar-refractivity contribution in [3.63, 3.8) is 0 Å². The molecule has 0 spiro atoms. The highest BCUT2D eigenvalue weighted by molar-refractivity contribution is 6.30. The first kappa shape index (κ1) is 22.4. The SMILES string of the molecule is CCCOc1ccc(Cl)cc1C=NNC(=O)C(NC(=O)c1ccccc1)C(C)C. The number of nitrogens with zero attached hydrogens (tertiary/aromatic N) is 1. The van der Waals surface area contributed by atoms with Gasteiger partial charge in [-0.1, -0.05) is 50.6 Å². The van der Waals surface area contributed by atoms with Crippen molar-refractivity contribution in [3.05, 3.63) is 64.7 Å². The fourth-order valence-corrected chi connectivity index (χ4v) is 2.73. The molecule has 0 radical (unpaired) electrons. The molecule has 6 nitrogen and oxygen atoms in total. The highest BCUT2D eigenvalue weighted by Crippen LogP contribution is 2.21. The van der Waals surface area contributed by atoms with Crippen LogP contribution in [0.15, 0.2) is 53.6 Å². The van der Waals surface area contributed by atoms with E-state index in [0.717, 1.165) is 6.42 Å². The Morgan fingerprint density at radius 1 is 1.17 bits per heavy atom. The number of carbonyl (C=O) groups excluding carboxylic acids is 2. The van der Waals surface area contributed by atoms with Crippen LogP contribution < -0.4 is 15.5 Å². The molecule has 0 saturated heterocycles. The Morgan fingerprint density at radius 2 is 1.90 bits per heavy atom. The lowest BCUT2D eigenvalue weighted by atomic mass is 10.0. The molecule has 0 aliphatic rings. The second kappa shape index (κ2) is 11.2. The minimum Gasteiger partial charge on any atom is -0.493 e. The van der Waals surface area contributed by atoms with Crippen molar-refractivity contribution >= 4 is 29.6 Å². The van der Waals surface area contributed by atoms with Crippen molar-refractivity contribution < 1.29 is 14.3 Å². The van der Waals surface area contributed by atoms with Crippen LogP contribution in [-0.4, -0.2) is 30.7 Å². The largest absolute Gasteiger partial charge is 0.493 e. The van der Waals surface area contributed by atoms with E-state index in [9.17, 15) is 9.59 Å².